The molecule has 9 heavy (non-hydrogen) atoms. The topological polar surface area (TPSA) is 46.5 Å². The largest absolute Gasteiger partial charge is 0.328 e. The van der Waals surface area contributed by atoms with Gasteiger partial charge in [0.2, 0.25) is 0 Å². The van der Waals surface area contributed by atoms with Gasteiger partial charge in [-0.2, -0.15) is 0 Å². The molecule has 0 fully saturated rings. The van der Waals surface area contributed by atoms with Crippen molar-refractivity contribution in [3.8, 4) is 0 Å². The van der Waals surface area contributed by atoms with Crippen molar-refractivity contribution in [3.05, 3.63) is 0 Å². The fraction of sp³-hybridized carbons (Fsp3) is 1.00. The number of halogens is 1. The zero-order valence-corrected chi connectivity index (χ0v) is 7.69. The van der Waals surface area contributed by atoms with Crippen molar-refractivity contribution < 1.29 is 14.0 Å². The molecule has 0 aromatic rings. The zero-order valence-electron chi connectivity index (χ0n) is 5.21. The molecule has 0 aliphatic heterocycles. The van der Waals surface area contributed by atoms with E-state index in [1.165, 1.54) is 0 Å². The molecule has 0 heterocycles. The van der Waals surface area contributed by atoms with Crippen molar-refractivity contribution in [1.82, 2.24) is 0 Å². The first-order valence-corrected chi connectivity index (χ1v) is 5.53. The molecule has 1 atom stereocenters. The highest BCUT2D eigenvalue weighted by Gasteiger charge is 2.15. The Morgan fingerprint density at radius 1 is 1.78 bits per heavy atom. The summed E-state index contributed by atoms with van der Waals surface area (Å²) >= 11 is 2.90. The number of hydrogen-bond acceptors (Lipinski definition) is 2. The number of rotatable bonds is 4. The molecule has 0 saturated heterocycles. The smallest absolute Gasteiger partial charge is 0.324 e. The Balaban J connectivity index is 3.58. The molecule has 0 saturated carbocycles. The summed E-state index contributed by atoms with van der Waals surface area (Å²) in [5, 5.41) is 0. The van der Waals surface area contributed by atoms with Gasteiger partial charge in [0.15, 0.2) is 0 Å². The van der Waals surface area contributed by atoms with E-state index in [4.69, 9.17) is 4.89 Å². The second-order valence-corrected chi connectivity index (χ2v) is 4.04. The lowest BCUT2D eigenvalue weighted by atomic mass is 10.6. The molecule has 0 aromatic heterocycles. The minimum Gasteiger partial charge on any atom is -0.324 e. The lowest BCUT2D eigenvalue weighted by Crippen LogP contribution is -1.90. The minimum absolute atomic E-state index is 0.126. The Morgan fingerprint density at radius 3 is 2.67 bits per heavy atom. The average molecular weight is 217 g/mol. The Hall–Kier alpha value is 0.630. The fourth-order valence-electron chi connectivity index (χ4n) is 0.423. The molecule has 0 amide bonds. The molecule has 1 N–H and O–H groups in total. The summed E-state index contributed by atoms with van der Waals surface area (Å²) < 4.78 is 15.2. The van der Waals surface area contributed by atoms with Gasteiger partial charge in [0.25, 0.3) is 0 Å². The predicted octanol–water partition coefficient (Wildman–Crippen LogP) is 1.95. The summed E-state index contributed by atoms with van der Waals surface area (Å²) in [5.74, 6) is 0. The molecule has 0 aromatic carbocycles. The molecular formula is C4H10BrO3P. The standard InChI is InChI=1S/C4H10BrO3P/c1-2-3-9(6,7)8-4-5/h2-4H2,1H3,(H,6,7). The van der Waals surface area contributed by atoms with E-state index in [-0.39, 0.29) is 11.7 Å². The van der Waals surface area contributed by atoms with Gasteiger partial charge in [0, 0.05) is 6.16 Å². The molecule has 56 valence electrons. The van der Waals surface area contributed by atoms with E-state index in [0.717, 1.165) is 0 Å². The average Bonchev–Trinajstić information content (AvgIpc) is 1.64. The molecule has 3 nitrogen and oxygen atoms in total. The van der Waals surface area contributed by atoms with Crippen LogP contribution in [-0.2, 0) is 9.09 Å². The van der Waals surface area contributed by atoms with Gasteiger partial charge in [-0.05, 0) is 6.42 Å². The van der Waals surface area contributed by atoms with Crippen LogP contribution < -0.4 is 0 Å². The molecule has 0 rings (SSSR count). The van der Waals surface area contributed by atoms with Crippen LogP contribution >= 0.6 is 23.5 Å². The number of hydrogen-bond donors (Lipinski definition) is 1. The van der Waals surface area contributed by atoms with Crippen molar-refractivity contribution in [2.75, 3.05) is 11.7 Å². The Labute approximate surface area is 63.1 Å². The van der Waals surface area contributed by atoms with Gasteiger partial charge in [-0.1, -0.05) is 22.9 Å². The Bertz CT molecular complexity index is 106. The minimum atomic E-state index is -3.24. The molecule has 0 aliphatic rings. The molecule has 0 aliphatic carbocycles. The fourth-order valence-corrected chi connectivity index (χ4v) is 2.23. The molecule has 0 bridgehead atoms. The maximum absolute atomic E-state index is 10.7. The SMILES string of the molecule is CCCP(=O)(O)OCBr. The van der Waals surface area contributed by atoms with Crippen molar-refractivity contribution in [2.45, 2.75) is 13.3 Å². The van der Waals surface area contributed by atoms with Gasteiger partial charge in [0.1, 0.15) is 5.52 Å². The van der Waals surface area contributed by atoms with Gasteiger partial charge in [0.05, 0.1) is 0 Å². The second kappa shape index (κ2) is 4.45. The molecular weight excluding hydrogens is 207 g/mol. The van der Waals surface area contributed by atoms with E-state index >= 15 is 0 Å². The van der Waals surface area contributed by atoms with Crippen LogP contribution in [0.15, 0.2) is 0 Å². The molecule has 0 radical (unpaired) electrons. The van der Waals surface area contributed by atoms with Crippen molar-refractivity contribution >= 4 is 23.5 Å². The van der Waals surface area contributed by atoms with E-state index < -0.39 is 7.60 Å². The van der Waals surface area contributed by atoms with Crippen LogP contribution in [0, 0.1) is 0 Å². The van der Waals surface area contributed by atoms with Crippen molar-refractivity contribution in [3.63, 3.8) is 0 Å². The van der Waals surface area contributed by atoms with E-state index in [0.29, 0.717) is 6.42 Å². The van der Waals surface area contributed by atoms with Gasteiger partial charge in [-0.15, -0.1) is 0 Å². The maximum atomic E-state index is 10.7. The van der Waals surface area contributed by atoms with Crippen LogP contribution in [0.25, 0.3) is 0 Å². The maximum Gasteiger partial charge on any atom is 0.328 e. The summed E-state index contributed by atoms with van der Waals surface area (Å²) in [6.07, 6.45) is 0.902. The first-order chi connectivity index (χ1) is 4.12. The van der Waals surface area contributed by atoms with E-state index in [2.05, 4.69) is 20.5 Å². The highest BCUT2D eigenvalue weighted by atomic mass is 79.9. The summed E-state index contributed by atoms with van der Waals surface area (Å²) in [6.45, 7) is 1.83. The lowest BCUT2D eigenvalue weighted by Gasteiger charge is -2.06. The third-order valence-electron chi connectivity index (χ3n) is 0.757. The number of alkyl halides is 1. The summed E-state index contributed by atoms with van der Waals surface area (Å²) in [4.78, 5) is 8.82. The van der Waals surface area contributed by atoms with Crippen LogP contribution in [0.3, 0.4) is 0 Å². The summed E-state index contributed by atoms with van der Waals surface area (Å²) in [6, 6.07) is 0. The van der Waals surface area contributed by atoms with Gasteiger partial charge < -0.3 is 4.89 Å². The van der Waals surface area contributed by atoms with Crippen molar-refractivity contribution in [1.29, 1.82) is 0 Å². The quantitative estimate of drug-likeness (QED) is 0.578. The van der Waals surface area contributed by atoms with Gasteiger partial charge in [-0.25, -0.2) is 0 Å². The molecule has 0 spiro atoms. The van der Waals surface area contributed by atoms with Gasteiger partial charge >= 0.3 is 7.60 Å². The zero-order chi connectivity index (χ0) is 7.33. The highest BCUT2D eigenvalue weighted by molar-refractivity contribution is 9.09. The third-order valence-corrected chi connectivity index (χ3v) is 2.88. The van der Waals surface area contributed by atoms with Crippen LogP contribution in [-0.4, -0.2) is 16.6 Å². The molecule has 5 heteroatoms. The van der Waals surface area contributed by atoms with Crippen LogP contribution in [0.1, 0.15) is 13.3 Å². The Kier molecular flexibility index (Phi) is 4.76. The normalized spacial score (nSPS) is 17.2. The predicted molar refractivity (Wildman–Crippen MR) is 39.9 cm³/mol. The lowest BCUT2D eigenvalue weighted by molar-refractivity contribution is 0.306. The highest BCUT2D eigenvalue weighted by Crippen LogP contribution is 2.42. The summed E-state index contributed by atoms with van der Waals surface area (Å²) in [5.41, 5.74) is 0.126. The monoisotopic (exact) mass is 216 g/mol. The van der Waals surface area contributed by atoms with Crippen LogP contribution in [0.5, 0.6) is 0 Å². The van der Waals surface area contributed by atoms with E-state index in [9.17, 15) is 4.57 Å². The van der Waals surface area contributed by atoms with E-state index in [1.54, 1.807) is 0 Å². The van der Waals surface area contributed by atoms with E-state index in [1.807, 2.05) is 6.92 Å². The van der Waals surface area contributed by atoms with Gasteiger partial charge in [-0.3, -0.25) is 9.09 Å². The third kappa shape index (κ3) is 5.09. The van der Waals surface area contributed by atoms with Crippen LogP contribution in [0.4, 0.5) is 0 Å². The van der Waals surface area contributed by atoms with Crippen molar-refractivity contribution in [2.24, 2.45) is 0 Å². The second-order valence-electron chi connectivity index (χ2n) is 1.60. The molecule has 1 unspecified atom stereocenters. The van der Waals surface area contributed by atoms with Crippen LogP contribution in [0.2, 0.25) is 0 Å². The Morgan fingerprint density at radius 2 is 2.33 bits per heavy atom. The first-order valence-electron chi connectivity index (χ1n) is 2.64. The first kappa shape index (κ1) is 9.63. The summed E-state index contributed by atoms with van der Waals surface area (Å²) in [7, 11) is -3.24.